The molecule has 20 heavy (non-hydrogen) atoms. The molecule has 104 valence electrons. The SMILES string of the molecule is N#Cc1ncn(CC(=O)N(C2=CCCCC2)C2CC2)n1. The van der Waals surface area contributed by atoms with E-state index >= 15 is 0 Å². The molecule has 6 nitrogen and oxygen atoms in total. The Kier molecular flexibility index (Phi) is 3.50. The monoisotopic (exact) mass is 271 g/mol. The lowest BCUT2D eigenvalue weighted by Crippen LogP contribution is -2.35. The maximum Gasteiger partial charge on any atom is 0.252 e. The summed E-state index contributed by atoms with van der Waals surface area (Å²) in [6.45, 7) is 0.155. The van der Waals surface area contributed by atoms with E-state index in [9.17, 15) is 4.79 Å². The Labute approximate surface area is 117 Å². The number of rotatable bonds is 4. The van der Waals surface area contributed by atoms with Crippen LogP contribution in [0.15, 0.2) is 18.1 Å². The van der Waals surface area contributed by atoms with E-state index in [-0.39, 0.29) is 18.3 Å². The van der Waals surface area contributed by atoms with Gasteiger partial charge < -0.3 is 4.90 Å². The van der Waals surface area contributed by atoms with E-state index in [1.807, 2.05) is 11.0 Å². The van der Waals surface area contributed by atoms with Crippen LogP contribution < -0.4 is 0 Å². The van der Waals surface area contributed by atoms with Gasteiger partial charge >= 0.3 is 0 Å². The fraction of sp³-hybridized carbons (Fsp3) is 0.571. The predicted octanol–water partition coefficient (Wildman–Crippen LogP) is 1.60. The fourth-order valence-corrected chi connectivity index (χ4v) is 2.61. The number of nitriles is 1. The van der Waals surface area contributed by atoms with Crippen molar-refractivity contribution < 1.29 is 4.79 Å². The minimum absolute atomic E-state index is 0.0510. The minimum atomic E-state index is 0.0510. The van der Waals surface area contributed by atoms with Crippen LogP contribution in [0.1, 0.15) is 44.3 Å². The van der Waals surface area contributed by atoms with E-state index in [0.29, 0.717) is 6.04 Å². The van der Waals surface area contributed by atoms with Gasteiger partial charge in [0.15, 0.2) is 0 Å². The molecule has 1 saturated carbocycles. The topological polar surface area (TPSA) is 74.8 Å². The Hall–Kier alpha value is -2.16. The molecule has 2 aliphatic carbocycles. The van der Waals surface area contributed by atoms with Crippen LogP contribution in [0.5, 0.6) is 0 Å². The number of allylic oxidation sites excluding steroid dienone is 2. The lowest BCUT2D eigenvalue weighted by Gasteiger charge is -2.27. The van der Waals surface area contributed by atoms with Crippen LogP contribution in [0, 0.1) is 11.3 Å². The molecule has 0 N–H and O–H groups in total. The third kappa shape index (κ3) is 2.72. The summed E-state index contributed by atoms with van der Waals surface area (Å²) in [5, 5.41) is 12.7. The first kappa shape index (κ1) is 12.9. The van der Waals surface area contributed by atoms with Crippen molar-refractivity contribution in [2.45, 2.75) is 51.1 Å². The number of hydrogen-bond acceptors (Lipinski definition) is 4. The largest absolute Gasteiger partial charge is 0.312 e. The Morgan fingerprint density at radius 1 is 1.50 bits per heavy atom. The molecule has 0 bridgehead atoms. The normalized spacial score (nSPS) is 18.2. The summed E-state index contributed by atoms with van der Waals surface area (Å²) in [6.07, 6.45) is 10.2. The standard InChI is InChI=1S/C14H17N5O/c15-8-13-16-10-18(17-13)9-14(20)19(12-6-7-12)11-4-2-1-3-5-11/h4,10,12H,1-3,5-7,9H2. The highest BCUT2D eigenvalue weighted by atomic mass is 16.2. The molecule has 1 amide bonds. The number of carbonyl (C=O) groups excluding carboxylic acids is 1. The zero-order valence-electron chi connectivity index (χ0n) is 11.3. The minimum Gasteiger partial charge on any atom is -0.312 e. The molecule has 0 aromatic carbocycles. The molecule has 0 spiro atoms. The number of nitrogens with zero attached hydrogens (tertiary/aromatic N) is 5. The average molecular weight is 271 g/mol. The van der Waals surface area contributed by atoms with Crippen LogP contribution in [0.25, 0.3) is 0 Å². The van der Waals surface area contributed by atoms with Gasteiger partial charge in [0.25, 0.3) is 5.82 Å². The van der Waals surface area contributed by atoms with Gasteiger partial charge in [0.1, 0.15) is 18.9 Å². The maximum absolute atomic E-state index is 12.5. The van der Waals surface area contributed by atoms with Gasteiger partial charge in [0.05, 0.1) is 0 Å². The first-order valence-electron chi connectivity index (χ1n) is 7.08. The summed E-state index contributed by atoms with van der Waals surface area (Å²) in [5.74, 6) is 0.155. The first-order valence-corrected chi connectivity index (χ1v) is 7.08. The lowest BCUT2D eigenvalue weighted by molar-refractivity contribution is -0.130. The molecule has 6 heteroatoms. The Balaban J connectivity index is 1.72. The second-order valence-corrected chi connectivity index (χ2v) is 5.31. The van der Waals surface area contributed by atoms with Gasteiger partial charge in [-0.15, -0.1) is 5.10 Å². The van der Waals surface area contributed by atoms with Crippen molar-refractivity contribution in [1.82, 2.24) is 19.7 Å². The molecular formula is C14H17N5O. The summed E-state index contributed by atoms with van der Waals surface area (Å²) < 4.78 is 1.44. The molecular weight excluding hydrogens is 254 g/mol. The first-order chi connectivity index (χ1) is 9.78. The summed E-state index contributed by atoms with van der Waals surface area (Å²) >= 11 is 0. The van der Waals surface area contributed by atoms with Crippen molar-refractivity contribution in [3.63, 3.8) is 0 Å². The second-order valence-electron chi connectivity index (χ2n) is 5.31. The van der Waals surface area contributed by atoms with Gasteiger partial charge in [-0.25, -0.2) is 9.67 Å². The van der Waals surface area contributed by atoms with Gasteiger partial charge in [-0.05, 0) is 38.5 Å². The summed E-state index contributed by atoms with van der Waals surface area (Å²) in [7, 11) is 0. The van der Waals surface area contributed by atoms with Crippen LogP contribution in [0.3, 0.4) is 0 Å². The van der Waals surface area contributed by atoms with Crippen molar-refractivity contribution in [2.24, 2.45) is 0 Å². The molecule has 0 saturated heterocycles. The summed E-state index contributed by atoms with van der Waals surface area (Å²) in [4.78, 5) is 18.3. The molecule has 1 heterocycles. The van der Waals surface area contributed by atoms with Gasteiger partial charge in [0, 0.05) is 11.7 Å². The van der Waals surface area contributed by atoms with Gasteiger partial charge in [0.2, 0.25) is 5.91 Å². The van der Waals surface area contributed by atoms with Crippen molar-refractivity contribution in [3.8, 4) is 6.07 Å². The van der Waals surface area contributed by atoms with Gasteiger partial charge in [-0.1, -0.05) is 6.08 Å². The van der Waals surface area contributed by atoms with Crippen LogP contribution in [-0.4, -0.2) is 31.6 Å². The third-order valence-corrected chi connectivity index (χ3v) is 3.69. The van der Waals surface area contributed by atoms with Crippen molar-refractivity contribution in [3.05, 3.63) is 23.9 Å². The quantitative estimate of drug-likeness (QED) is 0.833. The van der Waals surface area contributed by atoms with Crippen molar-refractivity contribution >= 4 is 5.91 Å². The number of hydrogen-bond donors (Lipinski definition) is 0. The molecule has 1 aromatic rings. The van der Waals surface area contributed by atoms with Crippen LogP contribution >= 0.6 is 0 Å². The number of carbonyl (C=O) groups is 1. The molecule has 3 rings (SSSR count). The number of amides is 1. The Bertz CT molecular complexity index is 579. The summed E-state index contributed by atoms with van der Waals surface area (Å²) in [6, 6.07) is 2.24. The van der Waals surface area contributed by atoms with Crippen molar-refractivity contribution in [1.29, 1.82) is 5.26 Å². The molecule has 1 aromatic heterocycles. The zero-order chi connectivity index (χ0) is 13.9. The second kappa shape index (κ2) is 5.45. The van der Waals surface area contributed by atoms with Gasteiger partial charge in [-0.3, -0.25) is 4.79 Å². The summed E-state index contributed by atoms with van der Waals surface area (Å²) in [5.41, 5.74) is 1.17. The predicted molar refractivity (Wildman–Crippen MR) is 71.2 cm³/mol. The van der Waals surface area contributed by atoms with Gasteiger partial charge in [-0.2, -0.15) is 5.26 Å². The van der Waals surface area contributed by atoms with Crippen LogP contribution in [0.4, 0.5) is 0 Å². The fourth-order valence-electron chi connectivity index (χ4n) is 2.61. The lowest BCUT2D eigenvalue weighted by atomic mass is 10.0. The Morgan fingerprint density at radius 3 is 2.95 bits per heavy atom. The highest BCUT2D eigenvalue weighted by molar-refractivity contribution is 5.78. The van der Waals surface area contributed by atoms with E-state index in [0.717, 1.165) is 32.1 Å². The molecule has 0 radical (unpaired) electrons. The highest BCUT2D eigenvalue weighted by Gasteiger charge is 2.35. The Morgan fingerprint density at radius 2 is 2.35 bits per heavy atom. The van der Waals surface area contributed by atoms with E-state index in [2.05, 4.69) is 16.2 Å². The molecule has 0 unspecified atom stereocenters. The number of aromatic nitrogens is 3. The average Bonchev–Trinajstić information content (AvgIpc) is 3.19. The highest BCUT2D eigenvalue weighted by Crippen LogP contribution is 2.33. The molecule has 0 atom stereocenters. The smallest absolute Gasteiger partial charge is 0.252 e. The maximum atomic E-state index is 12.5. The molecule has 0 aliphatic heterocycles. The molecule has 2 aliphatic rings. The third-order valence-electron chi connectivity index (χ3n) is 3.69. The van der Waals surface area contributed by atoms with Crippen LogP contribution in [-0.2, 0) is 11.3 Å². The van der Waals surface area contributed by atoms with Crippen molar-refractivity contribution in [2.75, 3.05) is 0 Å². The van der Waals surface area contributed by atoms with E-state index in [4.69, 9.17) is 5.26 Å². The zero-order valence-corrected chi connectivity index (χ0v) is 11.3. The van der Waals surface area contributed by atoms with E-state index in [1.165, 1.54) is 23.1 Å². The molecule has 1 fully saturated rings. The van der Waals surface area contributed by atoms with E-state index in [1.54, 1.807) is 0 Å². The van der Waals surface area contributed by atoms with E-state index < -0.39 is 0 Å². The van der Waals surface area contributed by atoms with Crippen LogP contribution in [0.2, 0.25) is 0 Å².